The van der Waals surface area contributed by atoms with E-state index in [1.54, 1.807) is 15.8 Å². The number of aryl methyl sites for hydroxylation is 2. The van der Waals surface area contributed by atoms with E-state index in [2.05, 4.69) is 21.5 Å². The van der Waals surface area contributed by atoms with Crippen molar-refractivity contribution in [3.63, 3.8) is 0 Å². The number of carbonyl (C=O) groups excluding carboxylic acids is 2. The molecule has 1 aliphatic heterocycles. The maximum Gasteiger partial charge on any atom is 0.232 e. The van der Waals surface area contributed by atoms with E-state index in [-0.39, 0.29) is 24.7 Å². The fraction of sp³-hybridized carbons (Fsp3) is 0.227. The summed E-state index contributed by atoms with van der Waals surface area (Å²) in [5.74, 6) is 1.01. The highest BCUT2D eigenvalue weighted by Crippen LogP contribution is 2.24. The minimum Gasteiger partial charge on any atom is -0.348 e. The quantitative estimate of drug-likeness (QED) is 0.697. The van der Waals surface area contributed by atoms with Crippen LogP contribution in [0.5, 0.6) is 0 Å². The first kappa shape index (κ1) is 18.7. The Kier molecular flexibility index (Phi) is 5.03. The van der Waals surface area contributed by atoms with Gasteiger partial charge in [-0.15, -0.1) is 0 Å². The van der Waals surface area contributed by atoms with Crippen molar-refractivity contribution in [3.8, 4) is 11.1 Å². The first-order valence-corrected chi connectivity index (χ1v) is 9.58. The van der Waals surface area contributed by atoms with Crippen molar-refractivity contribution in [2.75, 3.05) is 10.2 Å². The normalized spacial score (nSPS) is 12.7. The third kappa shape index (κ3) is 4.13. The van der Waals surface area contributed by atoms with Gasteiger partial charge in [0.15, 0.2) is 0 Å². The van der Waals surface area contributed by atoms with Gasteiger partial charge >= 0.3 is 0 Å². The van der Waals surface area contributed by atoms with Crippen LogP contribution in [0.2, 0.25) is 0 Å². The van der Waals surface area contributed by atoms with E-state index < -0.39 is 0 Å². The lowest BCUT2D eigenvalue weighted by molar-refractivity contribution is -0.122. The van der Waals surface area contributed by atoms with Gasteiger partial charge in [-0.05, 0) is 31.6 Å². The average molecular weight is 389 g/mol. The molecule has 7 nitrogen and oxygen atoms in total. The summed E-state index contributed by atoms with van der Waals surface area (Å²) < 4.78 is 1.78. The number of hydrogen-bond acceptors (Lipinski definition) is 3. The molecule has 2 aromatic heterocycles. The van der Waals surface area contributed by atoms with Crippen molar-refractivity contribution in [3.05, 3.63) is 66.1 Å². The molecule has 0 unspecified atom stereocenters. The standard InChI is InChI=1S/C22H23N5O2/c1-15-5-3-6-17(11-15)18-13-19(23-14-18)24-20(28)7-8-22(29)26-9-4-10-27-21(26)12-16(2)25-27/h3-6,9,11-14,23H,7-8,10H2,1-2H3,(H,24,28). The minimum absolute atomic E-state index is 0.106. The molecular formula is C22H23N5O2. The Balaban J connectivity index is 1.34. The second kappa shape index (κ2) is 7.79. The highest BCUT2D eigenvalue weighted by Gasteiger charge is 2.21. The number of rotatable bonds is 5. The largest absolute Gasteiger partial charge is 0.348 e. The first-order chi connectivity index (χ1) is 14.0. The average Bonchev–Trinajstić information content (AvgIpc) is 3.31. The molecular weight excluding hydrogens is 366 g/mol. The van der Waals surface area contributed by atoms with Gasteiger partial charge in [-0.1, -0.05) is 29.8 Å². The number of aromatic amines is 1. The number of carbonyl (C=O) groups is 2. The summed E-state index contributed by atoms with van der Waals surface area (Å²) in [6, 6.07) is 11.9. The molecule has 2 N–H and O–H groups in total. The number of benzene rings is 1. The third-order valence-corrected chi connectivity index (χ3v) is 4.80. The highest BCUT2D eigenvalue weighted by molar-refractivity contribution is 5.98. The van der Waals surface area contributed by atoms with Crippen molar-refractivity contribution in [1.82, 2.24) is 14.8 Å². The van der Waals surface area contributed by atoms with Crippen LogP contribution < -0.4 is 10.2 Å². The zero-order chi connectivity index (χ0) is 20.4. The minimum atomic E-state index is -0.207. The lowest BCUT2D eigenvalue weighted by Gasteiger charge is -2.22. The molecule has 3 aromatic rings. The summed E-state index contributed by atoms with van der Waals surface area (Å²) in [4.78, 5) is 29.5. The molecule has 2 amide bonds. The monoisotopic (exact) mass is 389 g/mol. The molecule has 3 heterocycles. The number of anilines is 2. The summed E-state index contributed by atoms with van der Waals surface area (Å²) in [6.07, 6.45) is 5.71. The summed E-state index contributed by atoms with van der Waals surface area (Å²) >= 11 is 0. The number of H-pyrrole nitrogens is 1. The molecule has 4 rings (SSSR count). The molecule has 148 valence electrons. The van der Waals surface area contributed by atoms with Crippen LogP contribution >= 0.6 is 0 Å². The molecule has 0 atom stereocenters. The molecule has 0 saturated heterocycles. The van der Waals surface area contributed by atoms with Gasteiger partial charge in [-0.2, -0.15) is 5.10 Å². The van der Waals surface area contributed by atoms with E-state index >= 15 is 0 Å². The Morgan fingerprint density at radius 3 is 2.83 bits per heavy atom. The van der Waals surface area contributed by atoms with E-state index in [1.165, 1.54) is 5.56 Å². The Hall–Kier alpha value is -3.61. The zero-order valence-corrected chi connectivity index (χ0v) is 16.5. The molecule has 0 fully saturated rings. The molecule has 0 bridgehead atoms. The van der Waals surface area contributed by atoms with Gasteiger partial charge in [0.2, 0.25) is 11.8 Å². The van der Waals surface area contributed by atoms with Gasteiger partial charge < -0.3 is 10.3 Å². The number of nitrogens with zero attached hydrogens (tertiary/aromatic N) is 3. The first-order valence-electron chi connectivity index (χ1n) is 9.58. The zero-order valence-electron chi connectivity index (χ0n) is 16.5. The van der Waals surface area contributed by atoms with Crippen LogP contribution in [-0.2, 0) is 16.1 Å². The van der Waals surface area contributed by atoms with Crippen LogP contribution in [0.1, 0.15) is 24.1 Å². The fourth-order valence-electron chi connectivity index (χ4n) is 3.41. The molecule has 0 aliphatic carbocycles. The highest BCUT2D eigenvalue weighted by atomic mass is 16.2. The van der Waals surface area contributed by atoms with Crippen molar-refractivity contribution >= 4 is 23.5 Å². The molecule has 29 heavy (non-hydrogen) atoms. The van der Waals surface area contributed by atoms with Crippen molar-refractivity contribution in [2.24, 2.45) is 0 Å². The summed E-state index contributed by atoms with van der Waals surface area (Å²) in [5.41, 5.74) is 4.12. The van der Waals surface area contributed by atoms with Gasteiger partial charge in [-0.3, -0.25) is 14.5 Å². The number of fused-ring (bicyclic) bond motifs is 1. The Morgan fingerprint density at radius 1 is 1.14 bits per heavy atom. The SMILES string of the molecule is Cc1cccc(-c2c[nH]c(NC(=O)CCC(=O)N3C=CCn4nc(C)cc43)c2)c1. The maximum atomic E-state index is 12.6. The second-order valence-electron chi connectivity index (χ2n) is 7.19. The predicted octanol–water partition coefficient (Wildman–Crippen LogP) is 3.77. The van der Waals surface area contributed by atoms with Crippen LogP contribution in [-0.4, -0.2) is 26.6 Å². The van der Waals surface area contributed by atoms with Gasteiger partial charge in [0, 0.05) is 36.9 Å². The van der Waals surface area contributed by atoms with Crippen LogP contribution in [0.25, 0.3) is 11.1 Å². The predicted molar refractivity (Wildman–Crippen MR) is 112 cm³/mol. The number of nitrogens with one attached hydrogen (secondary N) is 2. The van der Waals surface area contributed by atoms with E-state index in [1.807, 2.05) is 56.5 Å². The summed E-state index contributed by atoms with van der Waals surface area (Å²) in [7, 11) is 0. The third-order valence-electron chi connectivity index (χ3n) is 4.80. The van der Waals surface area contributed by atoms with Crippen LogP contribution in [0.4, 0.5) is 11.6 Å². The van der Waals surface area contributed by atoms with Crippen LogP contribution in [0, 0.1) is 13.8 Å². The summed E-state index contributed by atoms with van der Waals surface area (Å²) in [6.45, 7) is 4.58. The van der Waals surface area contributed by atoms with E-state index in [9.17, 15) is 9.59 Å². The fourth-order valence-corrected chi connectivity index (χ4v) is 3.41. The van der Waals surface area contributed by atoms with Crippen LogP contribution in [0.3, 0.4) is 0 Å². The van der Waals surface area contributed by atoms with E-state index in [0.717, 1.165) is 22.6 Å². The van der Waals surface area contributed by atoms with E-state index in [0.29, 0.717) is 12.4 Å². The van der Waals surface area contributed by atoms with Gasteiger partial charge in [0.1, 0.15) is 11.6 Å². The van der Waals surface area contributed by atoms with Crippen molar-refractivity contribution < 1.29 is 9.59 Å². The molecule has 7 heteroatoms. The molecule has 0 saturated carbocycles. The van der Waals surface area contributed by atoms with Crippen molar-refractivity contribution in [1.29, 1.82) is 0 Å². The number of hydrogen-bond donors (Lipinski definition) is 2. The smallest absolute Gasteiger partial charge is 0.232 e. The lowest BCUT2D eigenvalue weighted by atomic mass is 10.1. The van der Waals surface area contributed by atoms with Gasteiger partial charge in [-0.25, -0.2) is 4.68 Å². The Bertz CT molecular complexity index is 1090. The Labute approximate surface area is 169 Å². The van der Waals surface area contributed by atoms with Crippen LogP contribution in [0.15, 0.2) is 54.9 Å². The molecule has 1 aromatic carbocycles. The number of amides is 2. The summed E-state index contributed by atoms with van der Waals surface area (Å²) in [5, 5.41) is 7.18. The second-order valence-corrected chi connectivity index (χ2v) is 7.19. The maximum absolute atomic E-state index is 12.6. The Morgan fingerprint density at radius 2 is 2.00 bits per heavy atom. The molecule has 0 radical (unpaired) electrons. The molecule has 0 spiro atoms. The van der Waals surface area contributed by atoms with Gasteiger partial charge in [0.25, 0.3) is 0 Å². The number of aromatic nitrogens is 3. The van der Waals surface area contributed by atoms with E-state index in [4.69, 9.17) is 0 Å². The lowest BCUT2D eigenvalue weighted by Crippen LogP contribution is -2.30. The topological polar surface area (TPSA) is 83.0 Å². The number of allylic oxidation sites excluding steroid dienone is 1. The van der Waals surface area contributed by atoms with Gasteiger partial charge in [0.05, 0.1) is 12.2 Å². The molecule has 1 aliphatic rings. The van der Waals surface area contributed by atoms with Crippen molar-refractivity contribution in [2.45, 2.75) is 33.2 Å².